The van der Waals surface area contributed by atoms with Gasteiger partial charge < -0.3 is 15.3 Å². The largest absolute Gasteiger partial charge is 0.386 e. The van der Waals surface area contributed by atoms with Crippen LogP contribution in [-0.2, 0) is 0 Å². The summed E-state index contributed by atoms with van der Waals surface area (Å²) in [6.45, 7) is 0.689. The lowest BCUT2D eigenvalue weighted by atomic mass is 9.82. The van der Waals surface area contributed by atoms with Crippen molar-refractivity contribution in [3.8, 4) is 0 Å². The molecule has 0 amide bonds. The average molecular weight is 280 g/mol. The van der Waals surface area contributed by atoms with Gasteiger partial charge in [-0.1, -0.05) is 12.5 Å². The van der Waals surface area contributed by atoms with E-state index in [4.69, 9.17) is 0 Å². The van der Waals surface area contributed by atoms with Crippen LogP contribution in [0.25, 0.3) is 0 Å². The topological polar surface area (TPSA) is 35.5 Å². The van der Waals surface area contributed by atoms with Gasteiger partial charge in [0.15, 0.2) is 0 Å². The van der Waals surface area contributed by atoms with E-state index in [2.05, 4.69) is 17.3 Å². The molecule has 2 saturated heterocycles. The van der Waals surface area contributed by atoms with Crippen LogP contribution < -0.4 is 5.32 Å². The summed E-state index contributed by atoms with van der Waals surface area (Å²) in [4.78, 5) is 3.65. The minimum atomic E-state index is -0.348. The summed E-state index contributed by atoms with van der Waals surface area (Å²) >= 11 is 1.64. The molecule has 0 saturated carbocycles. The summed E-state index contributed by atoms with van der Waals surface area (Å²) in [6.07, 6.45) is 6.22. The van der Waals surface area contributed by atoms with E-state index in [1.54, 1.807) is 11.3 Å². The Kier molecular flexibility index (Phi) is 4.22. The number of nitrogens with zero attached hydrogens (tertiary/aromatic N) is 1. The van der Waals surface area contributed by atoms with Crippen LogP contribution in [0.4, 0.5) is 0 Å². The minimum absolute atomic E-state index is 0.348. The van der Waals surface area contributed by atoms with E-state index >= 15 is 0 Å². The van der Waals surface area contributed by atoms with Crippen molar-refractivity contribution in [1.29, 1.82) is 0 Å². The molecule has 0 aliphatic carbocycles. The van der Waals surface area contributed by atoms with Crippen LogP contribution in [0.2, 0.25) is 0 Å². The van der Waals surface area contributed by atoms with E-state index in [0.717, 1.165) is 17.0 Å². The highest BCUT2D eigenvalue weighted by Gasteiger charge is 2.35. The molecule has 3 heterocycles. The number of fused-ring (bicyclic) bond motifs is 2. The summed E-state index contributed by atoms with van der Waals surface area (Å²) in [5.74, 6) is 0. The maximum absolute atomic E-state index is 10.1. The molecule has 2 N–H and O–H groups in total. The van der Waals surface area contributed by atoms with E-state index in [9.17, 15) is 5.11 Å². The minimum Gasteiger partial charge on any atom is -0.386 e. The lowest BCUT2D eigenvalue weighted by molar-refractivity contribution is 0.0448. The van der Waals surface area contributed by atoms with Crippen LogP contribution in [-0.4, -0.2) is 41.7 Å². The zero-order valence-electron chi connectivity index (χ0n) is 11.6. The second-order valence-corrected chi connectivity index (χ2v) is 6.99. The fourth-order valence-electron chi connectivity index (χ4n) is 3.64. The zero-order chi connectivity index (χ0) is 13.2. The van der Waals surface area contributed by atoms with Crippen LogP contribution in [0.3, 0.4) is 0 Å². The molecule has 3 rings (SSSR count). The summed E-state index contributed by atoms with van der Waals surface area (Å²) < 4.78 is 0. The summed E-state index contributed by atoms with van der Waals surface area (Å²) in [5, 5.41) is 15.7. The second kappa shape index (κ2) is 5.92. The van der Waals surface area contributed by atoms with E-state index in [0.29, 0.717) is 12.6 Å². The molecule has 2 fully saturated rings. The molecule has 2 aliphatic heterocycles. The Morgan fingerprint density at radius 2 is 2.16 bits per heavy atom. The van der Waals surface area contributed by atoms with Crippen molar-refractivity contribution >= 4 is 11.3 Å². The first-order valence-corrected chi connectivity index (χ1v) is 8.29. The number of aliphatic hydroxyl groups excluding tert-OH is 1. The van der Waals surface area contributed by atoms with Crippen molar-refractivity contribution in [2.75, 3.05) is 13.6 Å². The molecule has 1 aromatic heterocycles. The van der Waals surface area contributed by atoms with Gasteiger partial charge >= 0.3 is 0 Å². The van der Waals surface area contributed by atoms with Crippen LogP contribution in [0.5, 0.6) is 0 Å². The third-order valence-electron chi connectivity index (χ3n) is 4.81. The Balaban J connectivity index is 1.51. The van der Waals surface area contributed by atoms with E-state index in [-0.39, 0.29) is 6.10 Å². The first-order valence-electron chi connectivity index (χ1n) is 7.41. The summed E-state index contributed by atoms with van der Waals surface area (Å²) in [7, 11) is 2.28. The number of hydrogen-bond acceptors (Lipinski definition) is 4. The number of rotatable bonds is 4. The lowest BCUT2D eigenvalue weighted by Gasteiger charge is -2.47. The first kappa shape index (κ1) is 13.6. The predicted molar refractivity (Wildman–Crippen MR) is 79.5 cm³/mol. The smallest absolute Gasteiger partial charge is 0.101 e. The quantitative estimate of drug-likeness (QED) is 0.889. The molecule has 106 valence electrons. The van der Waals surface area contributed by atoms with Gasteiger partial charge in [0.1, 0.15) is 6.10 Å². The van der Waals surface area contributed by atoms with Crippen molar-refractivity contribution < 1.29 is 5.11 Å². The molecule has 3 unspecified atom stereocenters. The summed E-state index contributed by atoms with van der Waals surface area (Å²) in [5.41, 5.74) is 0. The average Bonchev–Trinajstić information content (AvgIpc) is 2.90. The van der Waals surface area contributed by atoms with Crippen LogP contribution in [0.15, 0.2) is 17.5 Å². The van der Waals surface area contributed by atoms with Gasteiger partial charge in [0.25, 0.3) is 0 Å². The normalized spacial score (nSPS) is 33.3. The monoisotopic (exact) mass is 280 g/mol. The molecule has 19 heavy (non-hydrogen) atoms. The highest BCUT2D eigenvalue weighted by Crippen LogP contribution is 2.32. The van der Waals surface area contributed by atoms with Gasteiger partial charge in [-0.15, -0.1) is 11.3 Å². The number of nitrogens with one attached hydrogen (secondary N) is 1. The standard InChI is InChI=1S/C15H24N2OS/c1-17-12-4-2-5-13(17)9-11(8-12)16-10-14(18)15-6-3-7-19-15/h3,6-7,11-14,16,18H,2,4-5,8-10H2,1H3. The fraction of sp³-hybridized carbons (Fsp3) is 0.733. The number of piperidine rings is 2. The molecule has 0 radical (unpaired) electrons. The van der Waals surface area contributed by atoms with Gasteiger partial charge in [-0.2, -0.15) is 0 Å². The maximum Gasteiger partial charge on any atom is 0.101 e. The Hall–Kier alpha value is -0.420. The number of thiophene rings is 1. The first-order chi connectivity index (χ1) is 9.24. The van der Waals surface area contributed by atoms with Crippen molar-refractivity contribution in [3.05, 3.63) is 22.4 Å². The highest BCUT2D eigenvalue weighted by atomic mass is 32.1. The molecule has 2 aliphatic rings. The van der Waals surface area contributed by atoms with Gasteiger partial charge in [-0.3, -0.25) is 0 Å². The second-order valence-electron chi connectivity index (χ2n) is 6.01. The molecule has 1 aromatic rings. The van der Waals surface area contributed by atoms with Gasteiger partial charge in [0.2, 0.25) is 0 Å². The van der Waals surface area contributed by atoms with Crippen molar-refractivity contribution in [1.82, 2.24) is 10.2 Å². The van der Waals surface area contributed by atoms with Gasteiger partial charge in [0, 0.05) is 29.5 Å². The summed E-state index contributed by atoms with van der Waals surface area (Å²) in [6, 6.07) is 6.11. The number of hydrogen-bond donors (Lipinski definition) is 2. The highest BCUT2D eigenvalue weighted by molar-refractivity contribution is 7.10. The molecule has 3 atom stereocenters. The molecule has 2 bridgehead atoms. The molecule has 3 nitrogen and oxygen atoms in total. The van der Waals surface area contributed by atoms with E-state index < -0.39 is 0 Å². The van der Waals surface area contributed by atoms with Crippen LogP contribution in [0, 0.1) is 0 Å². The third-order valence-corrected chi connectivity index (χ3v) is 5.78. The predicted octanol–water partition coefficient (Wildman–Crippen LogP) is 2.39. The fourth-order valence-corrected chi connectivity index (χ4v) is 4.35. The van der Waals surface area contributed by atoms with Crippen LogP contribution in [0.1, 0.15) is 43.1 Å². The van der Waals surface area contributed by atoms with Crippen molar-refractivity contribution in [3.63, 3.8) is 0 Å². The van der Waals surface area contributed by atoms with Gasteiger partial charge in [-0.25, -0.2) is 0 Å². The van der Waals surface area contributed by atoms with Crippen molar-refractivity contribution in [2.24, 2.45) is 0 Å². The maximum atomic E-state index is 10.1. The lowest BCUT2D eigenvalue weighted by Crippen LogP contribution is -2.54. The number of aliphatic hydroxyl groups is 1. The Labute approximate surface area is 119 Å². The molecule has 0 spiro atoms. The molecule has 0 aromatic carbocycles. The molecule has 4 heteroatoms. The SMILES string of the molecule is CN1C2CCCC1CC(NCC(O)c1cccs1)C2. The van der Waals surface area contributed by atoms with E-state index in [1.807, 2.05) is 17.5 Å². The van der Waals surface area contributed by atoms with Crippen LogP contribution >= 0.6 is 11.3 Å². The Bertz CT molecular complexity index is 381. The zero-order valence-corrected chi connectivity index (χ0v) is 12.4. The Morgan fingerprint density at radius 1 is 1.42 bits per heavy atom. The van der Waals surface area contributed by atoms with Gasteiger partial charge in [-0.05, 0) is 44.2 Å². The van der Waals surface area contributed by atoms with Crippen molar-refractivity contribution in [2.45, 2.75) is 56.3 Å². The molecular weight excluding hydrogens is 256 g/mol. The van der Waals surface area contributed by atoms with E-state index in [1.165, 1.54) is 32.1 Å². The third kappa shape index (κ3) is 3.02. The Morgan fingerprint density at radius 3 is 2.79 bits per heavy atom. The molecular formula is C15H24N2OS. The van der Waals surface area contributed by atoms with Gasteiger partial charge in [0.05, 0.1) is 0 Å².